The van der Waals surface area contributed by atoms with Crippen LogP contribution in [-0.2, 0) is 30.3 Å². The minimum absolute atomic E-state index is 0. The fraction of sp³-hybridized carbons (Fsp3) is 0.415. The minimum Gasteiger partial charge on any atom is -0.512 e. The van der Waals surface area contributed by atoms with Crippen LogP contribution in [0.5, 0.6) is 0 Å². The van der Waals surface area contributed by atoms with Crippen molar-refractivity contribution in [2.45, 2.75) is 97.8 Å². The first-order valence-electron chi connectivity index (χ1n) is 16.3. The Kier molecular flexibility index (Phi) is 13.4. The van der Waals surface area contributed by atoms with E-state index in [0.717, 1.165) is 29.5 Å². The largest absolute Gasteiger partial charge is 0.512 e. The number of benzene rings is 3. The van der Waals surface area contributed by atoms with E-state index in [1.807, 2.05) is 47.7 Å². The van der Waals surface area contributed by atoms with Crippen molar-refractivity contribution in [3.05, 3.63) is 96.4 Å². The normalized spacial score (nSPS) is 12.7. The standard InChI is InChI=1S/C28H30GeN.C13H24O2.Ir/c1-28(2,3)26-18-23(17-22-9-7-8-10-25(22)26)27-19-21(15-16-30-27)20-11-13-24(14-12-20)29(4,5)6;1-7-12(3,4)10(14)9-11(15)13(5,6)8-2;/h7-16,18-19H,1-6H3;9,14H,7-8H2,1-6H3;/q-1;;/b;10-9-;. The molecule has 0 unspecified atom stereocenters. The molecule has 1 heterocycles. The molecule has 0 spiro atoms. The Labute approximate surface area is 295 Å². The molecule has 4 rings (SSSR count). The van der Waals surface area contributed by atoms with Gasteiger partial charge in [0.1, 0.15) is 5.76 Å². The van der Waals surface area contributed by atoms with Crippen LogP contribution in [0, 0.1) is 16.9 Å². The molecule has 0 atom stereocenters. The maximum atomic E-state index is 11.8. The van der Waals surface area contributed by atoms with Crippen molar-refractivity contribution >= 4 is 34.2 Å². The van der Waals surface area contributed by atoms with E-state index in [0.29, 0.717) is 0 Å². The molecule has 0 aliphatic heterocycles. The van der Waals surface area contributed by atoms with Crippen molar-refractivity contribution in [1.82, 2.24) is 4.98 Å². The van der Waals surface area contributed by atoms with Gasteiger partial charge in [0.15, 0.2) is 5.78 Å². The van der Waals surface area contributed by atoms with Gasteiger partial charge in [-0.3, -0.25) is 4.79 Å². The van der Waals surface area contributed by atoms with Crippen LogP contribution in [0.3, 0.4) is 0 Å². The third-order valence-electron chi connectivity index (χ3n) is 9.10. The van der Waals surface area contributed by atoms with Gasteiger partial charge in [0, 0.05) is 37.0 Å². The molecule has 0 saturated heterocycles. The van der Waals surface area contributed by atoms with Crippen LogP contribution >= 0.6 is 0 Å². The number of allylic oxidation sites excluding steroid dienone is 2. The van der Waals surface area contributed by atoms with Crippen molar-refractivity contribution in [3.63, 3.8) is 0 Å². The van der Waals surface area contributed by atoms with Gasteiger partial charge in [0.05, 0.1) is 0 Å². The molecule has 3 nitrogen and oxygen atoms in total. The summed E-state index contributed by atoms with van der Waals surface area (Å²) >= 11 is -1.79. The second kappa shape index (κ2) is 15.6. The molecular weight excluding hydrogens is 803 g/mol. The average Bonchev–Trinajstić information content (AvgIpc) is 3.00. The molecule has 5 heteroatoms. The minimum atomic E-state index is -1.79. The fourth-order valence-electron chi connectivity index (χ4n) is 4.78. The molecule has 0 aliphatic carbocycles. The summed E-state index contributed by atoms with van der Waals surface area (Å²) in [6.07, 6.45) is 4.91. The Morgan fingerprint density at radius 3 is 1.96 bits per heavy atom. The molecule has 1 N–H and O–H groups in total. The summed E-state index contributed by atoms with van der Waals surface area (Å²) < 4.78 is 1.53. The number of ketones is 1. The molecule has 0 bridgehead atoms. The predicted octanol–water partition coefficient (Wildman–Crippen LogP) is 11.1. The van der Waals surface area contributed by atoms with Gasteiger partial charge in [0.2, 0.25) is 0 Å². The number of carbonyl (C=O) groups is 1. The number of aliphatic hydroxyl groups excluding tert-OH is 1. The van der Waals surface area contributed by atoms with Crippen LogP contribution in [0.1, 0.15) is 80.7 Å². The maximum absolute atomic E-state index is 11.8. The van der Waals surface area contributed by atoms with Crippen LogP contribution in [0.15, 0.2) is 84.8 Å². The van der Waals surface area contributed by atoms with Crippen molar-refractivity contribution in [3.8, 4) is 22.4 Å². The van der Waals surface area contributed by atoms with Crippen molar-refractivity contribution in [2.75, 3.05) is 0 Å². The number of rotatable bonds is 8. The quantitative estimate of drug-likeness (QED) is 0.0831. The van der Waals surface area contributed by atoms with Gasteiger partial charge in [-0.25, -0.2) is 0 Å². The number of fused-ring (bicyclic) bond motifs is 1. The number of pyridine rings is 1. The van der Waals surface area contributed by atoms with E-state index < -0.39 is 13.3 Å². The fourth-order valence-corrected chi connectivity index (χ4v) is 7.23. The molecule has 1 radical (unpaired) electrons. The van der Waals surface area contributed by atoms with Gasteiger partial charge in [-0.1, -0.05) is 47.6 Å². The van der Waals surface area contributed by atoms with Crippen molar-refractivity contribution < 1.29 is 30.0 Å². The zero-order chi connectivity index (χ0) is 33.8. The molecule has 46 heavy (non-hydrogen) atoms. The number of hydrogen-bond donors (Lipinski definition) is 1. The van der Waals surface area contributed by atoms with Crippen LogP contribution in [-0.4, -0.2) is 29.1 Å². The van der Waals surface area contributed by atoms with Gasteiger partial charge in [-0.2, -0.15) is 0 Å². The van der Waals surface area contributed by atoms with E-state index in [2.05, 4.69) is 111 Å². The van der Waals surface area contributed by atoms with Crippen molar-refractivity contribution in [2.24, 2.45) is 10.8 Å². The van der Waals surface area contributed by atoms with Crippen LogP contribution in [0.2, 0.25) is 17.3 Å². The third-order valence-corrected chi connectivity index (χ3v) is 13.4. The van der Waals surface area contributed by atoms with Gasteiger partial charge in [0.25, 0.3) is 0 Å². The van der Waals surface area contributed by atoms with E-state index in [1.165, 1.54) is 32.5 Å². The van der Waals surface area contributed by atoms with E-state index in [9.17, 15) is 9.90 Å². The Hall–Kier alpha value is -2.53. The summed E-state index contributed by atoms with van der Waals surface area (Å²) in [5, 5.41) is 12.3. The average molecular weight is 858 g/mol. The molecule has 0 fully saturated rings. The number of nitrogens with zero attached hydrogens (tertiary/aromatic N) is 1. The van der Waals surface area contributed by atoms with Crippen LogP contribution < -0.4 is 4.40 Å². The third kappa shape index (κ3) is 9.99. The van der Waals surface area contributed by atoms with Gasteiger partial charge in [-0.05, 0) is 12.8 Å². The molecule has 3 aromatic carbocycles. The molecule has 1 aromatic heterocycles. The molecule has 0 saturated carbocycles. The van der Waals surface area contributed by atoms with Gasteiger partial charge < -0.3 is 5.11 Å². The van der Waals surface area contributed by atoms with E-state index in [-0.39, 0.29) is 47.9 Å². The first kappa shape index (κ1) is 39.7. The van der Waals surface area contributed by atoms with Crippen LogP contribution in [0.25, 0.3) is 33.2 Å². The number of carbonyl (C=O) groups excluding carboxylic acids is 1. The zero-order valence-electron chi connectivity index (χ0n) is 30.1. The topological polar surface area (TPSA) is 50.2 Å². The number of aromatic nitrogens is 1. The molecule has 4 aromatic rings. The second-order valence-corrected chi connectivity index (χ2v) is 26.2. The summed E-state index contributed by atoms with van der Waals surface area (Å²) in [5.41, 5.74) is 5.17. The van der Waals surface area contributed by atoms with E-state index in [4.69, 9.17) is 4.98 Å². The maximum Gasteiger partial charge on any atom is 0.164 e. The summed E-state index contributed by atoms with van der Waals surface area (Å²) in [5.74, 6) is 7.49. The smallest absolute Gasteiger partial charge is 0.164 e. The summed E-state index contributed by atoms with van der Waals surface area (Å²) in [7, 11) is 0. The first-order chi connectivity index (χ1) is 20.8. The van der Waals surface area contributed by atoms with Crippen molar-refractivity contribution in [1.29, 1.82) is 0 Å². The Bertz CT molecular complexity index is 1650. The monoisotopic (exact) mass is 859 g/mol. The summed E-state index contributed by atoms with van der Waals surface area (Å²) in [6, 6.07) is 27.9. The number of hydrogen-bond acceptors (Lipinski definition) is 3. The van der Waals surface area contributed by atoms with E-state index >= 15 is 0 Å². The van der Waals surface area contributed by atoms with Gasteiger partial charge >= 0.3 is 178 Å². The Morgan fingerprint density at radius 2 is 1.41 bits per heavy atom. The molecule has 0 aliphatic rings. The molecular formula is C41H54GeIrNO2-. The molecule has 249 valence electrons. The van der Waals surface area contributed by atoms with Gasteiger partial charge in [-0.15, -0.1) is 0 Å². The molecule has 0 amide bonds. The first-order valence-corrected chi connectivity index (χ1v) is 23.6. The van der Waals surface area contributed by atoms with Crippen LogP contribution in [0.4, 0.5) is 0 Å². The predicted molar refractivity (Wildman–Crippen MR) is 197 cm³/mol. The second-order valence-electron chi connectivity index (χ2n) is 15.5. The SMILES string of the molecule is CC(C)(C)c1cc(-c2cc(-c3cc[c]([Ge]([CH3])([CH3])[CH3])cc3)ccn2)[c-]c2ccccc12.CCC(C)(C)C(=O)/C=C(\O)C(C)(C)CC.[Ir]. The summed E-state index contributed by atoms with van der Waals surface area (Å²) in [6.45, 7) is 18.5. The number of aliphatic hydroxyl groups is 1. The van der Waals surface area contributed by atoms with E-state index in [1.54, 1.807) is 0 Å². The Morgan fingerprint density at radius 1 is 0.826 bits per heavy atom. The summed E-state index contributed by atoms with van der Waals surface area (Å²) in [4.78, 5) is 16.5. The zero-order valence-corrected chi connectivity index (χ0v) is 34.5. The Balaban J connectivity index is 0.000000394.